The average Bonchev–Trinajstić information content (AvgIpc) is 2.89. The topological polar surface area (TPSA) is 107 Å². The minimum absolute atomic E-state index is 0.0154. The van der Waals surface area contributed by atoms with Crippen LogP contribution in [0.25, 0.3) is 0 Å². The summed E-state index contributed by atoms with van der Waals surface area (Å²) in [4.78, 5) is 46.9. The van der Waals surface area contributed by atoms with E-state index in [1.165, 1.54) is 12.1 Å². The highest BCUT2D eigenvalue weighted by Crippen LogP contribution is 2.28. The number of amides is 2. The van der Waals surface area contributed by atoms with Crippen molar-refractivity contribution in [2.45, 2.75) is 12.5 Å². The second-order valence-electron chi connectivity index (χ2n) is 5.31. The summed E-state index contributed by atoms with van der Waals surface area (Å²) in [6, 6.07) is 11.9. The third-order valence-corrected chi connectivity index (χ3v) is 3.72. The summed E-state index contributed by atoms with van der Waals surface area (Å²) in [6.07, 6.45) is -0.866. The van der Waals surface area contributed by atoms with Gasteiger partial charge in [-0.1, -0.05) is 18.2 Å². The van der Waals surface area contributed by atoms with Crippen molar-refractivity contribution >= 4 is 29.5 Å². The number of nitro benzene ring substituents is 1. The van der Waals surface area contributed by atoms with Crippen LogP contribution in [-0.4, -0.2) is 29.1 Å². The van der Waals surface area contributed by atoms with E-state index in [1.54, 1.807) is 30.3 Å². The first kappa shape index (κ1) is 16.3. The van der Waals surface area contributed by atoms with Gasteiger partial charge in [-0.2, -0.15) is 0 Å². The molecular formula is C17H12N2O6. The van der Waals surface area contributed by atoms with E-state index < -0.39 is 22.8 Å². The molecule has 0 bridgehead atoms. The van der Waals surface area contributed by atoms with Crippen molar-refractivity contribution in [2.24, 2.45) is 0 Å². The lowest BCUT2D eigenvalue weighted by Crippen LogP contribution is -2.34. The van der Waals surface area contributed by atoms with Crippen molar-refractivity contribution in [1.29, 1.82) is 0 Å². The van der Waals surface area contributed by atoms with E-state index in [1.807, 2.05) is 0 Å². The molecule has 2 aromatic rings. The predicted molar refractivity (Wildman–Crippen MR) is 86.5 cm³/mol. The van der Waals surface area contributed by atoms with Gasteiger partial charge < -0.3 is 4.74 Å². The lowest BCUT2D eigenvalue weighted by atomic mass is 10.2. The molecule has 1 heterocycles. The van der Waals surface area contributed by atoms with Gasteiger partial charge in [0, 0.05) is 12.1 Å². The monoisotopic (exact) mass is 340 g/mol. The molecular weight excluding hydrogens is 328 g/mol. The van der Waals surface area contributed by atoms with Crippen LogP contribution in [-0.2, 0) is 9.59 Å². The first-order chi connectivity index (χ1) is 12.0. The first-order valence-corrected chi connectivity index (χ1v) is 7.33. The molecule has 0 aromatic heterocycles. The number of benzene rings is 2. The Labute approximate surface area is 141 Å². The molecule has 1 unspecified atom stereocenters. The van der Waals surface area contributed by atoms with E-state index in [9.17, 15) is 24.5 Å². The summed E-state index contributed by atoms with van der Waals surface area (Å²) in [5, 5.41) is 10.8. The summed E-state index contributed by atoms with van der Waals surface area (Å²) in [6.45, 7) is 0. The fourth-order valence-electron chi connectivity index (χ4n) is 2.55. The fourth-order valence-corrected chi connectivity index (χ4v) is 2.55. The number of hydrogen-bond donors (Lipinski definition) is 0. The predicted octanol–water partition coefficient (Wildman–Crippen LogP) is 2.12. The highest BCUT2D eigenvalue weighted by atomic mass is 16.6. The van der Waals surface area contributed by atoms with Crippen LogP contribution in [0.1, 0.15) is 16.8 Å². The minimum Gasteiger partial charge on any atom is -0.479 e. The smallest absolute Gasteiger partial charge is 0.275 e. The molecule has 0 spiro atoms. The summed E-state index contributed by atoms with van der Waals surface area (Å²) < 4.78 is 5.50. The molecule has 1 fully saturated rings. The van der Waals surface area contributed by atoms with Crippen molar-refractivity contribution in [1.82, 2.24) is 0 Å². The van der Waals surface area contributed by atoms with Gasteiger partial charge in [0.25, 0.3) is 11.6 Å². The van der Waals surface area contributed by atoms with Gasteiger partial charge in [0.1, 0.15) is 5.75 Å². The zero-order valence-electron chi connectivity index (χ0n) is 12.8. The van der Waals surface area contributed by atoms with Crippen LogP contribution in [0.15, 0.2) is 48.5 Å². The highest BCUT2D eigenvalue weighted by molar-refractivity contribution is 6.22. The fraction of sp³-hybridized carbons (Fsp3) is 0.118. The number of rotatable bonds is 5. The second kappa shape index (κ2) is 6.52. The van der Waals surface area contributed by atoms with Crippen LogP contribution in [0, 0.1) is 10.1 Å². The van der Waals surface area contributed by atoms with Gasteiger partial charge in [-0.15, -0.1) is 0 Å². The standard InChI is InChI=1S/C17H12N2O6/c20-10-11-8-13(19(23)24)6-7-14(11)25-15-9-16(21)18(17(15)22)12-4-2-1-3-5-12/h1-8,10,15H,9H2. The van der Waals surface area contributed by atoms with E-state index in [-0.39, 0.29) is 23.4 Å². The molecule has 1 aliphatic heterocycles. The Morgan fingerprint density at radius 1 is 1.16 bits per heavy atom. The van der Waals surface area contributed by atoms with Crippen LogP contribution < -0.4 is 9.64 Å². The van der Waals surface area contributed by atoms with Gasteiger partial charge in [0.15, 0.2) is 12.4 Å². The average molecular weight is 340 g/mol. The first-order valence-electron chi connectivity index (χ1n) is 7.33. The Bertz CT molecular complexity index is 865. The van der Waals surface area contributed by atoms with Crippen molar-refractivity contribution < 1.29 is 24.0 Å². The summed E-state index contributed by atoms with van der Waals surface area (Å²) >= 11 is 0. The molecule has 25 heavy (non-hydrogen) atoms. The van der Waals surface area contributed by atoms with Crippen molar-refractivity contribution in [3.63, 3.8) is 0 Å². The Morgan fingerprint density at radius 3 is 2.52 bits per heavy atom. The molecule has 3 rings (SSSR count). The third-order valence-electron chi connectivity index (χ3n) is 3.72. The molecule has 1 aliphatic rings. The molecule has 1 saturated heterocycles. The largest absolute Gasteiger partial charge is 0.479 e. The normalized spacial score (nSPS) is 16.8. The number of aldehydes is 1. The third kappa shape index (κ3) is 3.09. The zero-order chi connectivity index (χ0) is 18.0. The maximum Gasteiger partial charge on any atom is 0.275 e. The number of imide groups is 1. The maximum absolute atomic E-state index is 12.5. The Balaban J connectivity index is 1.85. The van der Waals surface area contributed by atoms with Crippen molar-refractivity contribution in [3.05, 3.63) is 64.2 Å². The molecule has 0 radical (unpaired) electrons. The lowest BCUT2D eigenvalue weighted by Gasteiger charge is -2.16. The maximum atomic E-state index is 12.5. The molecule has 0 aliphatic carbocycles. The Kier molecular flexibility index (Phi) is 4.25. The highest BCUT2D eigenvalue weighted by Gasteiger charge is 2.41. The SMILES string of the molecule is O=Cc1cc([N+](=O)[O-])ccc1OC1CC(=O)N(c2ccccc2)C1=O. The molecule has 8 nitrogen and oxygen atoms in total. The van der Waals surface area contributed by atoms with Crippen LogP contribution in [0.3, 0.4) is 0 Å². The number of non-ortho nitro benzene ring substituents is 1. The molecule has 2 amide bonds. The molecule has 126 valence electrons. The van der Waals surface area contributed by atoms with Crippen LogP contribution in [0.2, 0.25) is 0 Å². The summed E-state index contributed by atoms with van der Waals surface area (Å²) in [5.74, 6) is -0.955. The number of ether oxygens (including phenoxy) is 1. The molecule has 2 aromatic carbocycles. The van der Waals surface area contributed by atoms with Gasteiger partial charge in [0.2, 0.25) is 5.91 Å². The molecule has 0 saturated carbocycles. The number of hydrogen-bond acceptors (Lipinski definition) is 6. The van der Waals surface area contributed by atoms with E-state index >= 15 is 0 Å². The number of nitro groups is 1. The molecule has 0 N–H and O–H groups in total. The van der Waals surface area contributed by atoms with Crippen LogP contribution >= 0.6 is 0 Å². The lowest BCUT2D eigenvalue weighted by molar-refractivity contribution is -0.384. The zero-order valence-corrected chi connectivity index (χ0v) is 12.8. The number of anilines is 1. The van der Waals surface area contributed by atoms with E-state index in [4.69, 9.17) is 4.74 Å². The number of carbonyl (C=O) groups excluding carboxylic acids is 3. The summed E-state index contributed by atoms with van der Waals surface area (Å²) in [5.41, 5.74) is 0.102. The molecule has 8 heteroatoms. The van der Waals surface area contributed by atoms with Crippen LogP contribution in [0.5, 0.6) is 5.75 Å². The number of para-hydroxylation sites is 1. The Hall–Kier alpha value is -3.55. The van der Waals surface area contributed by atoms with Gasteiger partial charge in [-0.25, -0.2) is 4.90 Å². The van der Waals surface area contributed by atoms with Crippen molar-refractivity contribution in [3.8, 4) is 5.75 Å². The molecule has 1 atom stereocenters. The number of nitrogens with zero attached hydrogens (tertiary/aromatic N) is 2. The van der Waals surface area contributed by atoms with E-state index in [2.05, 4.69) is 0 Å². The van der Waals surface area contributed by atoms with Gasteiger partial charge in [-0.05, 0) is 18.2 Å². The van der Waals surface area contributed by atoms with Gasteiger partial charge in [0.05, 0.1) is 22.6 Å². The number of carbonyl (C=O) groups is 3. The van der Waals surface area contributed by atoms with E-state index in [0.29, 0.717) is 12.0 Å². The Morgan fingerprint density at radius 2 is 1.88 bits per heavy atom. The van der Waals surface area contributed by atoms with Gasteiger partial charge >= 0.3 is 0 Å². The van der Waals surface area contributed by atoms with Crippen molar-refractivity contribution in [2.75, 3.05) is 4.90 Å². The van der Waals surface area contributed by atoms with Gasteiger partial charge in [-0.3, -0.25) is 24.5 Å². The summed E-state index contributed by atoms with van der Waals surface area (Å²) in [7, 11) is 0. The minimum atomic E-state index is -1.09. The quantitative estimate of drug-likeness (QED) is 0.357. The van der Waals surface area contributed by atoms with E-state index in [0.717, 1.165) is 11.0 Å². The van der Waals surface area contributed by atoms with Crippen LogP contribution in [0.4, 0.5) is 11.4 Å². The second-order valence-corrected chi connectivity index (χ2v) is 5.31.